The number of aromatic nitrogens is 2. The molecule has 3 heteroatoms. The number of hydrogen-bond acceptors (Lipinski definition) is 3. The number of nitrogens with one attached hydrogen (secondary N) is 1. The van der Waals surface area contributed by atoms with Crippen molar-refractivity contribution in [1.29, 1.82) is 0 Å². The van der Waals surface area contributed by atoms with Gasteiger partial charge in [0.2, 0.25) is 0 Å². The fourth-order valence-electron chi connectivity index (χ4n) is 2.18. The van der Waals surface area contributed by atoms with E-state index in [0.717, 1.165) is 30.3 Å². The molecule has 0 amide bonds. The Bertz CT molecular complexity index is 307. The second-order valence-electron chi connectivity index (χ2n) is 4.41. The van der Waals surface area contributed by atoms with Gasteiger partial charge in [-0.25, -0.2) is 9.97 Å². The molecule has 2 rings (SSSR count). The molecule has 1 aromatic heterocycles. The highest BCUT2D eigenvalue weighted by molar-refractivity contribution is 5.11. The van der Waals surface area contributed by atoms with Crippen LogP contribution in [0.5, 0.6) is 0 Å². The zero-order valence-electron chi connectivity index (χ0n) is 9.58. The van der Waals surface area contributed by atoms with Gasteiger partial charge in [0.1, 0.15) is 5.82 Å². The standard InChI is InChI=1S/C12H19N3/c1-9-7-10(2)15-12(14-9)11-5-3-4-6-13-8-11/h7,11,13H,3-6,8H2,1-2H3. The van der Waals surface area contributed by atoms with Gasteiger partial charge in [0, 0.05) is 23.9 Å². The van der Waals surface area contributed by atoms with Crippen LogP contribution in [-0.2, 0) is 0 Å². The quantitative estimate of drug-likeness (QED) is 0.761. The third-order valence-electron chi connectivity index (χ3n) is 2.91. The Morgan fingerprint density at radius 1 is 1.20 bits per heavy atom. The summed E-state index contributed by atoms with van der Waals surface area (Å²) in [4.78, 5) is 9.10. The Labute approximate surface area is 91.3 Å². The summed E-state index contributed by atoms with van der Waals surface area (Å²) in [6, 6.07) is 2.04. The van der Waals surface area contributed by atoms with Crippen LogP contribution in [-0.4, -0.2) is 23.1 Å². The number of hydrogen-bond donors (Lipinski definition) is 1. The van der Waals surface area contributed by atoms with Crippen molar-refractivity contribution in [3.8, 4) is 0 Å². The predicted molar refractivity (Wildman–Crippen MR) is 61.0 cm³/mol. The average Bonchev–Trinajstić information content (AvgIpc) is 2.43. The van der Waals surface area contributed by atoms with Crippen LogP contribution in [0.15, 0.2) is 6.07 Å². The lowest BCUT2D eigenvalue weighted by atomic mass is 10.0. The lowest BCUT2D eigenvalue weighted by Crippen LogP contribution is -2.21. The fraction of sp³-hybridized carbons (Fsp3) is 0.667. The maximum Gasteiger partial charge on any atom is 0.133 e. The summed E-state index contributed by atoms with van der Waals surface area (Å²) in [5, 5.41) is 3.45. The highest BCUT2D eigenvalue weighted by Crippen LogP contribution is 2.20. The smallest absolute Gasteiger partial charge is 0.133 e. The molecule has 1 aliphatic rings. The third kappa shape index (κ3) is 2.75. The van der Waals surface area contributed by atoms with Gasteiger partial charge in [-0.05, 0) is 39.3 Å². The van der Waals surface area contributed by atoms with Crippen molar-refractivity contribution >= 4 is 0 Å². The molecule has 0 radical (unpaired) electrons. The van der Waals surface area contributed by atoms with Crippen LogP contribution in [0.4, 0.5) is 0 Å². The molecule has 3 nitrogen and oxygen atoms in total. The van der Waals surface area contributed by atoms with E-state index in [-0.39, 0.29) is 0 Å². The maximum atomic E-state index is 4.55. The van der Waals surface area contributed by atoms with Crippen molar-refractivity contribution in [2.24, 2.45) is 0 Å². The van der Waals surface area contributed by atoms with E-state index >= 15 is 0 Å². The molecule has 0 aromatic carbocycles. The minimum atomic E-state index is 0.506. The molecule has 2 heterocycles. The van der Waals surface area contributed by atoms with Crippen molar-refractivity contribution in [3.63, 3.8) is 0 Å². The van der Waals surface area contributed by atoms with Crippen molar-refractivity contribution < 1.29 is 0 Å². The summed E-state index contributed by atoms with van der Waals surface area (Å²) in [5.41, 5.74) is 2.17. The first-order valence-electron chi connectivity index (χ1n) is 5.78. The Morgan fingerprint density at radius 3 is 2.67 bits per heavy atom. The number of nitrogens with zero attached hydrogens (tertiary/aromatic N) is 2. The van der Waals surface area contributed by atoms with E-state index in [1.807, 2.05) is 19.9 Å². The molecule has 1 aliphatic heterocycles. The van der Waals surface area contributed by atoms with Crippen molar-refractivity contribution in [3.05, 3.63) is 23.3 Å². The fourth-order valence-corrected chi connectivity index (χ4v) is 2.18. The molecule has 0 saturated carbocycles. The van der Waals surface area contributed by atoms with Gasteiger partial charge in [0.15, 0.2) is 0 Å². The van der Waals surface area contributed by atoms with Crippen LogP contribution in [0.25, 0.3) is 0 Å². The van der Waals surface area contributed by atoms with Crippen molar-refractivity contribution in [1.82, 2.24) is 15.3 Å². The Morgan fingerprint density at radius 2 is 1.93 bits per heavy atom. The van der Waals surface area contributed by atoms with Gasteiger partial charge < -0.3 is 5.32 Å². The van der Waals surface area contributed by atoms with Gasteiger partial charge in [0.25, 0.3) is 0 Å². The van der Waals surface area contributed by atoms with Gasteiger partial charge in [0.05, 0.1) is 0 Å². The molecule has 15 heavy (non-hydrogen) atoms. The van der Waals surface area contributed by atoms with E-state index in [4.69, 9.17) is 0 Å². The topological polar surface area (TPSA) is 37.8 Å². The first-order valence-corrected chi connectivity index (χ1v) is 5.78. The molecule has 1 unspecified atom stereocenters. The Hall–Kier alpha value is -0.960. The largest absolute Gasteiger partial charge is 0.316 e. The zero-order chi connectivity index (χ0) is 10.7. The van der Waals surface area contributed by atoms with E-state index in [1.54, 1.807) is 0 Å². The lowest BCUT2D eigenvalue weighted by Gasteiger charge is -2.13. The minimum Gasteiger partial charge on any atom is -0.316 e. The molecule has 82 valence electrons. The molecule has 1 fully saturated rings. The highest BCUT2D eigenvalue weighted by atomic mass is 14.9. The molecule has 0 spiro atoms. The summed E-state index contributed by atoms with van der Waals surface area (Å²) >= 11 is 0. The van der Waals surface area contributed by atoms with Gasteiger partial charge in [-0.15, -0.1) is 0 Å². The third-order valence-corrected chi connectivity index (χ3v) is 2.91. The number of rotatable bonds is 1. The number of aryl methyl sites for hydroxylation is 2. The second kappa shape index (κ2) is 4.71. The predicted octanol–water partition coefficient (Wildman–Crippen LogP) is 1.95. The normalized spacial score (nSPS) is 22.4. The van der Waals surface area contributed by atoms with Gasteiger partial charge in [-0.1, -0.05) is 6.42 Å². The lowest BCUT2D eigenvalue weighted by molar-refractivity contribution is 0.574. The van der Waals surface area contributed by atoms with E-state index < -0.39 is 0 Å². The summed E-state index contributed by atoms with van der Waals surface area (Å²) in [6.07, 6.45) is 3.78. The van der Waals surface area contributed by atoms with Gasteiger partial charge >= 0.3 is 0 Å². The molecule has 0 bridgehead atoms. The van der Waals surface area contributed by atoms with Crippen LogP contribution in [0.3, 0.4) is 0 Å². The summed E-state index contributed by atoms with van der Waals surface area (Å²) in [7, 11) is 0. The first-order chi connectivity index (χ1) is 7.25. The first kappa shape index (κ1) is 10.6. The van der Waals surface area contributed by atoms with Crippen LogP contribution in [0.2, 0.25) is 0 Å². The van der Waals surface area contributed by atoms with Gasteiger partial charge in [-0.3, -0.25) is 0 Å². The molecule has 1 atom stereocenters. The molecule has 1 saturated heterocycles. The molecular formula is C12H19N3. The van der Waals surface area contributed by atoms with Crippen molar-refractivity contribution in [2.75, 3.05) is 13.1 Å². The molecule has 0 aliphatic carbocycles. The van der Waals surface area contributed by atoms with Crippen molar-refractivity contribution in [2.45, 2.75) is 39.0 Å². The Kier molecular flexibility index (Phi) is 3.31. The van der Waals surface area contributed by atoms with E-state index in [1.165, 1.54) is 19.3 Å². The van der Waals surface area contributed by atoms with E-state index in [0.29, 0.717) is 5.92 Å². The summed E-state index contributed by atoms with van der Waals surface area (Å²) in [6.45, 7) is 6.26. The molecular weight excluding hydrogens is 186 g/mol. The summed E-state index contributed by atoms with van der Waals surface area (Å²) in [5.74, 6) is 1.54. The highest BCUT2D eigenvalue weighted by Gasteiger charge is 2.16. The summed E-state index contributed by atoms with van der Waals surface area (Å²) < 4.78 is 0. The monoisotopic (exact) mass is 205 g/mol. The second-order valence-corrected chi connectivity index (χ2v) is 4.41. The SMILES string of the molecule is Cc1cc(C)nc(C2CCCCNC2)n1. The maximum absolute atomic E-state index is 4.55. The molecule has 1 N–H and O–H groups in total. The zero-order valence-corrected chi connectivity index (χ0v) is 9.58. The van der Waals surface area contributed by atoms with Crippen LogP contribution in [0.1, 0.15) is 42.4 Å². The van der Waals surface area contributed by atoms with E-state index in [9.17, 15) is 0 Å². The van der Waals surface area contributed by atoms with Crippen LogP contribution >= 0.6 is 0 Å². The van der Waals surface area contributed by atoms with Gasteiger partial charge in [-0.2, -0.15) is 0 Å². The van der Waals surface area contributed by atoms with Crippen LogP contribution < -0.4 is 5.32 Å². The van der Waals surface area contributed by atoms with Crippen LogP contribution in [0, 0.1) is 13.8 Å². The minimum absolute atomic E-state index is 0.506. The Balaban J connectivity index is 2.19. The average molecular weight is 205 g/mol. The molecule has 1 aromatic rings. The van der Waals surface area contributed by atoms with E-state index in [2.05, 4.69) is 15.3 Å².